The van der Waals surface area contributed by atoms with E-state index in [1.807, 2.05) is 13.2 Å². The van der Waals surface area contributed by atoms with Crippen molar-refractivity contribution in [2.24, 2.45) is 11.8 Å². The topological polar surface area (TPSA) is 66.4 Å². The van der Waals surface area contributed by atoms with Crippen LogP contribution in [-0.4, -0.2) is 35.0 Å². The Labute approximate surface area is 107 Å². The highest BCUT2D eigenvalue weighted by atomic mass is 32.2. The van der Waals surface area contributed by atoms with E-state index in [-0.39, 0.29) is 17.9 Å². The molecule has 2 N–H and O–H groups in total. The lowest BCUT2D eigenvalue weighted by atomic mass is 9.78. The van der Waals surface area contributed by atoms with Gasteiger partial charge in [-0.1, -0.05) is 12.8 Å². The molecule has 0 aliphatic heterocycles. The maximum Gasteiger partial charge on any atom is 0.307 e. The molecule has 0 saturated heterocycles. The second-order valence-corrected chi connectivity index (χ2v) is 5.61. The highest BCUT2D eigenvalue weighted by Crippen LogP contribution is 2.30. The van der Waals surface area contributed by atoms with Gasteiger partial charge >= 0.3 is 5.97 Å². The largest absolute Gasteiger partial charge is 0.481 e. The summed E-state index contributed by atoms with van der Waals surface area (Å²) in [4.78, 5) is 23.1. The van der Waals surface area contributed by atoms with Crippen molar-refractivity contribution in [1.82, 2.24) is 5.32 Å². The first-order chi connectivity index (χ1) is 8.06. The SMILES string of the molecule is CSCC(C)NC(=O)[C@@H]1CCCC[C@@H]1C(=O)O. The molecular weight excluding hydrogens is 238 g/mol. The Morgan fingerprint density at radius 3 is 2.47 bits per heavy atom. The molecule has 0 radical (unpaired) electrons. The van der Waals surface area contributed by atoms with Crippen molar-refractivity contribution >= 4 is 23.6 Å². The van der Waals surface area contributed by atoms with Crippen LogP contribution in [0.5, 0.6) is 0 Å². The third kappa shape index (κ3) is 4.22. The van der Waals surface area contributed by atoms with Crippen LogP contribution in [0.3, 0.4) is 0 Å². The predicted molar refractivity (Wildman–Crippen MR) is 69.1 cm³/mol. The molecule has 1 rings (SSSR count). The number of carboxylic acids is 1. The first kappa shape index (κ1) is 14.4. The van der Waals surface area contributed by atoms with Crippen molar-refractivity contribution in [2.75, 3.05) is 12.0 Å². The lowest BCUT2D eigenvalue weighted by molar-refractivity contribution is -0.149. The summed E-state index contributed by atoms with van der Waals surface area (Å²) in [6.45, 7) is 1.95. The maximum atomic E-state index is 12.0. The molecule has 0 aromatic heterocycles. The number of carboxylic acid groups (broad SMARTS) is 1. The van der Waals surface area contributed by atoms with Crippen molar-refractivity contribution in [2.45, 2.75) is 38.6 Å². The number of nitrogens with one attached hydrogen (secondary N) is 1. The first-order valence-electron chi connectivity index (χ1n) is 6.08. The van der Waals surface area contributed by atoms with Crippen molar-refractivity contribution in [3.8, 4) is 0 Å². The third-order valence-corrected chi connectivity index (χ3v) is 4.06. The zero-order valence-electron chi connectivity index (χ0n) is 10.4. The molecule has 0 bridgehead atoms. The summed E-state index contributed by atoms with van der Waals surface area (Å²) in [5, 5.41) is 12.0. The van der Waals surface area contributed by atoms with Gasteiger partial charge in [-0.3, -0.25) is 9.59 Å². The number of hydrogen-bond acceptors (Lipinski definition) is 3. The molecule has 1 fully saturated rings. The molecule has 0 aromatic rings. The number of carbonyl (C=O) groups excluding carboxylic acids is 1. The Kier molecular flexibility index (Phi) is 5.82. The Bertz CT molecular complexity index is 283. The quantitative estimate of drug-likeness (QED) is 0.789. The standard InChI is InChI=1S/C12H21NO3S/c1-8(7-17-2)13-11(14)9-5-3-4-6-10(9)12(15)16/h8-10H,3-7H2,1-2H3,(H,13,14)(H,15,16)/t8?,9-,10+/m1/s1. The smallest absolute Gasteiger partial charge is 0.307 e. The summed E-state index contributed by atoms with van der Waals surface area (Å²) in [5.74, 6) is -0.896. The summed E-state index contributed by atoms with van der Waals surface area (Å²) >= 11 is 1.67. The molecule has 1 amide bonds. The summed E-state index contributed by atoms with van der Waals surface area (Å²) in [7, 11) is 0. The van der Waals surface area contributed by atoms with Crippen molar-refractivity contribution in [3.05, 3.63) is 0 Å². The molecule has 0 heterocycles. The summed E-state index contributed by atoms with van der Waals surface area (Å²) in [5.41, 5.74) is 0. The van der Waals surface area contributed by atoms with Crippen LogP contribution < -0.4 is 5.32 Å². The summed E-state index contributed by atoms with van der Waals surface area (Å²) < 4.78 is 0. The van der Waals surface area contributed by atoms with Gasteiger partial charge in [0.1, 0.15) is 0 Å². The van der Waals surface area contributed by atoms with E-state index in [0.29, 0.717) is 12.8 Å². The molecule has 5 heteroatoms. The van der Waals surface area contributed by atoms with Crippen LogP contribution in [0.25, 0.3) is 0 Å². The van der Waals surface area contributed by atoms with Crippen LogP contribution in [-0.2, 0) is 9.59 Å². The van der Waals surface area contributed by atoms with Gasteiger partial charge in [0.25, 0.3) is 0 Å². The molecule has 1 aliphatic rings. The maximum absolute atomic E-state index is 12.0. The van der Waals surface area contributed by atoms with E-state index >= 15 is 0 Å². The number of amides is 1. The fourth-order valence-electron chi connectivity index (χ4n) is 2.38. The zero-order chi connectivity index (χ0) is 12.8. The number of thioether (sulfide) groups is 1. The van der Waals surface area contributed by atoms with Crippen molar-refractivity contribution in [1.29, 1.82) is 0 Å². The number of hydrogen-bond donors (Lipinski definition) is 2. The van der Waals surface area contributed by atoms with Gasteiger partial charge in [-0.15, -0.1) is 0 Å². The molecule has 1 unspecified atom stereocenters. The summed E-state index contributed by atoms with van der Waals surface area (Å²) in [6.07, 6.45) is 5.20. The van der Waals surface area contributed by atoms with E-state index in [1.165, 1.54) is 0 Å². The van der Waals surface area contributed by atoms with Gasteiger partial charge in [-0.05, 0) is 26.0 Å². The van der Waals surface area contributed by atoms with Crippen LogP contribution >= 0.6 is 11.8 Å². The van der Waals surface area contributed by atoms with Crippen LogP contribution in [0.2, 0.25) is 0 Å². The molecule has 1 aliphatic carbocycles. The second-order valence-electron chi connectivity index (χ2n) is 4.70. The lowest BCUT2D eigenvalue weighted by Crippen LogP contribution is -2.43. The van der Waals surface area contributed by atoms with E-state index in [2.05, 4.69) is 5.32 Å². The highest BCUT2D eigenvalue weighted by molar-refractivity contribution is 7.98. The fraction of sp³-hybridized carbons (Fsp3) is 0.833. The molecule has 0 aromatic carbocycles. The Balaban J connectivity index is 2.56. The number of carbonyl (C=O) groups is 2. The van der Waals surface area contributed by atoms with Crippen molar-refractivity contribution in [3.63, 3.8) is 0 Å². The molecule has 17 heavy (non-hydrogen) atoms. The molecule has 0 spiro atoms. The van der Waals surface area contributed by atoms with Gasteiger partial charge in [0, 0.05) is 11.8 Å². The molecule has 4 nitrogen and oxygen atoms in total. The minimum Gasteiger partial charge on any atom is -0.481 e. The van der Waals surface area contributed by atoms with E-state index in [9.17, 15) is 9.59 Å². The monoisotopic (exact) mass is 259 g/mol. The average Bonchev–Trinajstić information content (AvgIpc) is 2.29. The molecular formula is C12H21NO3S. The van der Waals surface area contributed by atoms with Crippen LogP contribution in [0.1, 0.15) is 32.6 Å². The zero-order valence-corrected chi connectivity index (χ0v) is 11.3. The van der Waals surface area contributed by atoms with E-state index in [0.717, 1.165) is 18.6 Å². The fourth-order valence-corrected chi connectivity index (χ4v) is 2.97. The van der Waals surface area contributed by atoms with Gasteiger partial charge in [0.2, 0.25) is 5.91 Å². The van der Waals surface area contributed by atoms with Crippen molar-refractivity contribution < 1.29 is 14.7 Å². The highest BCUT2D eigenvalue weighted by Gasteiger charge is 2.35. The Hall–Kier alpha value is -0.710. The molecule has 1 saturated carbocycles. The number of rotatable bonds is 5. The van der Waals surface area contributed by atoms with E-state index in [4.69, 9.17) is 5.11 Å². The average molecular weight is 259 g/mol. The third-order valence-electron chi connectivity index (χ3n) is 3.23. The lowest BCUT2D eigenvalue weighted by Gasteiger charge is -2.28. The van der Waals surface area contributed by atoms with E-state index < -0.39 is 11.9 Å². The summed E-state index contributed by atoms with van der Waals surface area (Å²) in [6, 6.07) is 0.105. The van der Waals surface area contributed by atoms with Gasteiger partial charge < -0.3 is 10.4 Å². The minimum atomic E-state index is -0.831. The Morgan fingerprint density at radius 2 is 1.94 bits per heavy atom. The van der Waals surface area contributed by atoms with Crippen LogP contribution in [0, 0.1) is 11.8 Å². The number of aliphatic carboxylic acids is 1. The van der Waals surface area contributed by atoms with Gasteiger partial charge in [0.15, 0.2) is 0 Å². The first-order valence-corrected chi connectivity index (χ1v) is 7.47. The minimum absolute atomic E-state index is 0.0846. The Morgan fingerprint density at radius 1 is 1.35 bits per heavy atom. The van der Waals surface area contributed by atoms with Gasteiger partial charge in [0.05, 0.1) is 11.8 Å². The van der Waals surface area contributed by atoms with Crippen LogP contribution in [0.15, 0.2) is 0 Å². The van der Waals surface area contributed by atoms with Crippen LogP contribution in [0.4, 0.5) is 0 Å². The molecule has 98 valence electrons. The predicted octanol–water partition coefficient (Wildman–Crippen LogP) is 1.75. The van der Waals surface area contributed by atoms with E-state index in [1.54, 1.807) is 11.8 Å². The van der Waals surface area contributed by atoms with Gasteiger partial charge in [-0.25, -0.2) is 0 Å². The second kappa shape index (κ2) is 6.89. The normalized spacial score (nSPS) is 26.2. The van der Waals surface area contributed by atoms with Gasteiger partial charge in [-0.2, -0.15) is 11.8 Å². The molecule has 3 atom stereocenters.